The Morgan fingerprint density at radius 3 is 2.62 bits per heavy atom. The number of guanidine groups is 1. The molecule has 1 amide bonds. The van der Waals surface area contributed by atoms with Crippen LogP contribution in [0.1, 0.15) is 23.2 Å². The Hall–Kier alpha value is -2.64. The molecule has 0 aromatic heterocycles. The van der Waals surface area contributed by atoms with E-state index in [9.17, 15) is 14.0 Å². The molecule has 0 heterocycles. The zero-order valence-corrected chi connectivity index (χ0v) is 11.2. The molecule has 6 N–H and O–H groups in total. The summed E-state index contributed by atoms with van der Waals surface area (Å²) in [4.78, 5) is 22.9. The zero-order chi connectivity index (χ0) is 15.8. The smallest absolute Gasteiger partial charge is 0.326 e. The highest BCUT2D eigenvalue weighted by Crippen LogP contribution is 2.07. The minimum atomic E-state index is -1.21. The second kappa shape index (κ2) is 7.83. The first-order chi connectivity index (χ1) is 9.91. The van der Waals surface area contributed by atoms with E-state index in [2.05, 4.69) is 10.6 Å². The predicted molar refractivity (Wildman–Crippen MR) is 74.4 cm³/mol. The SMILES string of the molecule is N=C(N)NCCC[C@H](NC(=O)c1ccccc1F)C(=O)O. The number of benzene rings is 1. The molecule has 0 unspecified atom stereocenters. The van der Waals surface area contributed by atoms with Gasteiger partial charge in [-0.2, -0.15) is 0 Å². The molecule has 21 heavy (non-hydrogen) atoms. The van der Waals surface area contributed by atoms with Crippen molar-refractivity contribution in [2.45, 2.75) is 18.9 Å². The molecule has 1 aromatic carbocycles. The number of carboxylic acid groups (broad SMARTS) is 1. The first-order valence-electron chi connectivity index (χ1n) is 6.28. The molecule has 1 aromatic rings. The van der Waals surface area contributed by atoms with Crippen molar-refractivity contribution in [2.75, 3.05) is 6.54 Å². The van der Waals surface area contributed by atoms with E-state index < -0.39 is 23.7 Å². The minimum absolute atomic E-state index is 0.135. The molecule has 0 spiro atoms. The maximum absolute atomic E-state index is 13.4. The Kier molecular flexibility index (Phi) is 6.12. The third-order valence-corrected chi connectivity index (χ3v) is 2.71. The number of hydrogen-bond acceptors (Lipinski definition) is 3. The molecule has 0 saturated heterocycles. The lowest BCUT2D eigenvalue weighted by Crippen LogP contribution is -2.41. The number of carbonyl (C=O) groups excluding carboxylic acids is 1. The third kappa shape index (κ3) is 5.47. The third-order valence-electron chi connectivity index (χ3n) is 2.71. The van der Waals surface area contributed by atoms with Gasteiger partial charge in [-0.25, -0.2) is 9.18 Å². The Morgan fingerprint density at radius 1 is 1.38 bits per heavy atom. The first-order valence-corrected chi connectivity index (χ1v) is 6.28. The van der Waals surface area contributed by atoms with Crippen LogP contribution in [0.2, 0.25) is 0 Å². The number of amides is 1. The lowest BCUT2D eigenvalue weighted by molar-refractivity contribution is -0.139. The van der Waals surface area contributed by atoms with Crippen molar-refractivity contribution >= 4 is 17.8 Å². The van der Waals surface area contributed by atoms with Gasteiger partial charge in [0.05, 0.1) is 5.56 Å². The van der Waals surface area contributed by atoms with Gasteiger partial charge in [-0.05, 0) is 25.0 Å². The molecule has 0 aliphatic rings. The Labute approximate surface area is 120 Å². The van der Waals surface area contributed by atoms with Gasteiger partial charge in [0.1, 0.15) is 11.9 Å². The second-order valence-corrected chi connectivity index (χ2v) is 4.33. The minimum Gasteiger partial charge on any atom is -0.480 e. The highest BCUT2D eigenvalue weighted by Gasteiger charge is 2.21. The van der Waals surface area contributed by atoms with Crippen LogP contribution in [0.25, 0.3) is 0 Å². The summed E-state index contributed by atoms with van der Waals surface area (Å²) >= 11 is 0. The molecule has 1 atom stereocenters. The summed E-state index contributed by atoms with van der Waals surface area (Å²) < 4.78 is 13.4. The lowest BCUT2D eigenvalue weighted by atomic mass is 10.1. The number of aliphatic carboxylic acids is 1. The molecular weight excluding hydrogens is 279 g/mol. The molecule has 0 aliphatic heterocycles. The molecule has 1 rings (SSSR count). The van der Waals surface area contributed by atoms with Crippen LogP contribution in [0.4, 0.5) is 4.39 Å². The molecule has 0 bridgehead atoms. The van der Waals surface area contributed by atoms with Gasteiger partial charge in [-0.3, -0.25) is 10.2 Å². The van der Waals surface area contributed by atoms with Gasteiger partial charge in [0.25, 0.3) is 5.91 Å². The van der Waals surface area contributed by atoms with E-state index in [-0.39, 0.29) is 17.9 Å². The first kappa shape index (κ1) is 16.4. The van der Waals surface area contributed by atoms with Crippen LogP contribution < -0.4 is 16.4 Å². The number of rotatable bonds is 7. The number of carboxylic acids is 1. The van der Waals surface area contributed by atoms with E-state index >= 15 is 0 Å². The molecule has 0 fully saturated rings. The van der Waals surface area contributed by atoms with Crippen molar-refractivity contribution in [3.8, 4) is 0 Å². The predicted octanol–water partition coefficient (Wildman–Crippen LogP) is 0.272. The largest absolute Gasteiger partial charge is 0.480 e. The zero-order valence-electron chi connectivity index (χ0n) is 11.2. The Morgan fingerprint density at radius 2 is 2.05 bits per heavy atom. The van der Waals surface area contributed by atoms with Gasteiger partial charge in [0.15, 0.2) is 5.96 Å². The topological polar surface area (TPSA) is 128 Å². The van der Waals surface area contributed by atoms with Crippen molar-refractivity contribution in [1.82, 2.24) is 10.6 Å². The quantitative estimate of drug-likeness (QED) is 0.280. The van der Waals surface area contributed by atoms with Crippen LogP contribution in [0.3, 0.4) is 0 Å². The van der Waals surface area contributed by atoms with Crippen molar-refractivity contribution < 1.29 is 19.1 Å². The number of carbonyl (C=O) groups is 2. The molecule has 114 valence electrons. The average Bonchev–Trinajstić information content (AvgIpc) is 2.41. The summed E-state index contributed by atoms with van der Waals surface area (Å²) in [5, 5.41) is 20.8. The number of hydrogen-bond donors (Lipinski definition) is 5. The number of halogens is 1. The summed E-state index contributed by atoms with van der Waals surface area (Å²) in [6.45, 7) is 0.314. The fourth-order valence-corrected chi connectivity index (χ4v) is 1.67. The standard InChI is InChI=1S/C13H17FN4O3/c14-9-5-2-1-4-8(9)11(19)18-10(12(20)21)6-3-7-17-13(15)16/h1-2,4-5,10H,3,6-7H2,(H,18,19)(H,20,21)(H4,15,16,17)/t10-/m0/s1. The van der Waals surface area contributed by atoms with Crippen LogP contribution in [0.5, 0.6) is 0 Å². The molecular formula is C13H17FN4O3. The number of nitrogens with two attached hydrogens (primary N) is 1. The van der Waals surface area contributed by atoms with E-state index in [0.717, 1.165) is 6.07 Å². The van der Waals surface area contributed by atoms with Crippen molar-refractivity contribution in [1.29, 1.82) is 5.41 Å². The summed E-state index contributed by atoms with van der Waals surface area (Å²) in [7, 11) is 0. The Balaban J connectivity index is 2.58. The van der Waals surface area contributed by atoms with Gasteiger partial charge in [-0.1, -0.05) is 12.1 Å². The van der Waals surface area contributed by atoms with Gasteiger partial charge in [0.2, 0.25) is 0 Å². The maximum Gasteiger partial charge on any atom is 0.326 e. The fraction of sp³-hybridized carbons (Fsp3) is 0.308. The highest BCUT2D eigenvalue weighted by molar-refractivity contribution is 5.96. The fourth-order valence-electron chi connectivity index (χ4n) is 1.67. The lowest BCUT2D eigenvalue weighted by Gasteiger charge is -2.15. The van der Waals surface area contributed by atoms with Crippen molar-refractivity contribution in [3.05, 3.63) is 35.6 Å². The molecule has 0 saturated carbocycles. The molecule has 0 aliphatic carbocycles. The molecule has 8 heteroatoms. The summed E-state index contributed by atoms with van der Waals surface area (Å²) in [6, 6.07) is 4.20. The van der Waals surface area contributed by atoms with Gasteiger partial charge in [-0.15, -0.1) is 0 Å². The number of nitrogens with one attached hydrogen (secondary N) is 3. The normalized spacial score (nSPS) is 11.5. The summed E-state index contributed by atoms with van der Waals surface area (Å²) in [5.41, 5.74) is 4.88. The highest BCUT2D eigenvalue weighted by atomic mass is 19.1. The van der Waals surface area contributed by atoms with E-state index in [1.54, 1.807) is 0 Å². The van der Waals surface area contributed by atoms with E-state index in [1.165, 1.54) is 18.2 Å². The summed E-state index contributed by atoms with van der Waals surface area (Å²) in [5.74, 6) is -2.91. The molecule has 0 radical (unpaired) electrons. The van der Waals surface area contributed by atoms with Crippen LogP contribution in [-0.4, -0.2) is 35.5 Å². The Bertz CT molecular complexity index is 536. The van der Waals surface area contributed by atoms with Gasteiger partial charge >= 0.3 is 5.97 Å². The maximum atomic E-state index is 13.4. The van der Waals surface area contributed by atoms with Crippen LogP contribution in [-0.2, 0) is 4.79 Å². The average molecular weight is 296 g/mol. The van der Waals surface area contributed by atoms with Gasteiger partial charge < -0.3 is 21.5 Å². The summed E-state index contributed by atoms with van der Waals surface area (Å²) in [6.07, 6.45) is 0.518. The van der Waals surface area contributed by atoms with E-state index in [0.29, 0.717) is 13.0 Å². The molecule has 7 nitrogen and oxygen atoms in total. The van der Waals surface area contributed by atoms with Crippen molar-refractivity contribution in [3.63, 3.8) is 0 Å². The van der Waals surface area contributed by atoms with Crippen LogP contribution in [0.15, 0.2) is 24.3 Å². The van der Waals surface area contributed by atoms with Crippen LogP contribution >= 0.6 is 0 Å². The van der Waals surface area contributed by atoms with Crippen LogP contribution in [0, 0.1) is 11.2 Å². The van der Waals surface area contributed by atoms with E-state index in [4.69, 9.17) is 16.2 Å². The van der Waals surface area contributed by atoms with Crippen molar-refractivity contribution in [2.24, 2.45) is 5.73 Å². The van der Waals surface area contributed by atoms with E-state index in [1.807, 2.05) is 0 Å². The second-order valence-electron chi connectivity index (χ2n) is 4.33. The monoisotopic (exact) mass is 296 g/mol. The van der Waals surface area contributed by atoms with Gasteiger partial charge in [0, 0.05) is 6.54 Å².